The van der Waals surface area contributed by atoms with Crippen LogP contribution in [0.1, 0.15) is 40.0 Å². The first-order valence-electron chi connectivity index (χ1n) is 5.61. The second-order valence-corrected chi connectivity index (χ2v) is 3.43. The molecule has 0 aromatic carbocycles. The summed E-state index contributed by atoms with van der Waals surface area (Å²) in [6.45, 7) is 8.84. The number of nitrogens with zero attached hydrogens (tertiary/aromatic N) is 1. The summed E-state index contributed by atoms with van der Waals surface area (Å²) < 4.78 is 5.23. The molecule has 0 aromatic heterocycles. The predicted molar refractivity (Wildman–Crippen MR) is 58.3 cm³/mol. The van der Waals surface area contributed by atoms with Gasteiger partial charge in [-0.3, -0.25) is 4.79 Å². The lowest BCUT2D eigenvalue weighted by Crippen LogP contribution is -2.35. The Hall–Kier alpha value is -0.570. The lowest BCUT2D eigenvalue weighted by Gasteiger charge is -2.21. The highest BCUT2D eigenvalue weighted by atomic mass is 16.5. The molecule has 0 N–H and O–H groups in total. The normalized spacial score (nSPS) is 10.2. The maximum atomic E-state index is 11.6. The van der Waals surface area contributed by atoms with E-state index in [4.69, 9.17) is 4.74 Å². The Morgan fingerprint density at radius 1 is 1.07 bits per heavy atom. The fourth-order valence-corrected chi connectivity index (χ4v) is 1.30. The molecular weight excluding hydrogens is 178 g/mol. The first kappa shape index (κ1) is 13.4. The van der Waals surface area contributed by atoms with Crippen LogP contribution in [0.3, 0.4) is 0 Å². The molecule has 0 aliphatic carbocycles. The highest BCUT2D eigenvalue weighted by Crippen LogP contribution is 1.96. The number of amides is 1. The van der Waals surface area contributed by atoms with E-state index in [2.05, 4.69) is 13.8 Å². The molecule has 0 spiro atoms. The molecule has 0 aliphatic heterocycles. The maximum absolute atomic E-state index is 11.6. The highest BCUT2D eigenvalue weighted by molar-refractivity contribution is 5.77. The monoisotopic (exact) mass is 201 g/mol. The van der Waals surface area contributed by atoms with Crippen molar-refractivity contribution in [2.75, 3.05) is 26.3 Å². The predicted octanol–water partition coefficient (Wildman–Crippen LogP) is 2.06. The summed E-state index contributed by atoms with van der Waals surface area (Å²) in [6, 6.07) is 0. The van der Waals surface area contributed by atoms with E-state index < -0.39 is 0 Å². The van der Waals surface area contributed by atoms with Gasteiger partial charge in [-0.2, -0.15) is 0 Å². The van der Waals surface area contributed by atoms with E-state index in [-0.39, 0.29) is 12.5 Å². The first-order chi connectivity index (χ1) is 6.76. The molecule has 0 unspecified atom stereocenters. The Kier molecular flexibility index (Phi) is 8.64. The molecule has 84 valence electrons. The molecule has 0 saturated heterocycles. The zero-order valence-corrected chi connectivity index (χ0v) is 9.71. The van der Waals surface area contributed by atoms with Crippen LogP contribution in [0.4, 0.5) is 0 Å². The third kappa shape index (κ3) is 5.97. The number of hydrogen-bond acceptors (Lipinski definition) is 2. The van der Waals surface area contributed by atoms with E-state index in [1.807, 2.05) is 11.8 Å². The van der Waals surface area contributed by atoms with Gasteiger partial charge in [0.1, 0.15) is 6.61 Å². The van der Waals surface area contributed by atoms with Crippen molar-refractivity contribution in [3.63, 3.8) is 0 Å². The van der Waals surface area contributed by atoms with Gasteiger partial charge in [0.05, 0.1) is 0 Å². The third-order valence-electron chi connectivity index (χ3n) is 1.91. The molecule has 0 radical (unpaired) electrons. The van der Waals surface area contributed by atoms with Crippen molar-refractivity contribution in [3.05, 3.63) is 0 Å². The lowest BCUT2D eigenvalue weighted by atomic mass is 10.3. The molecule has 0 atom stereocenters. The summed E-state index contributed by atoms with van der Waals surface area (Å²) in [4.78, 5) is 13.5. The quantitative estimate of drug-likeness (QED) is 0.563. The van der Waals surface area contributed by atoms with Gasteiger partial charge in [0.25, 0.3) is 0 Å². The smallest absolute Gasteiger partial charge is 0.248 e. The molecule has 0 heterocycles. The standard InChI is InChI=1S/C11H23NO2/c1-4-7-12(8-5-2)11(13)10-14-9-6-3/h4-10H2,1-3H3. The van der Waals surface area contributed by atoms with Crippen molar-refractivity contribution >= 4 is 5.91 Å². The Bertz CT molecular complexity index is 142. The zero-order valence-electron chi connectivity index (χ0n) is 9.71. The number of carbonyl (C=O) groups excluding carboxylic acids is 1. The number of carbonyl (C=O) groups is 1. The van der Waals surface area contributed by atoms with Gasteiger partial charge in [-0.05, 0) is 19.3 Å². The number of ether oxygens (including phenoxy) is 1. The molecule has 3 heteroatoms. The molecule has 0 fully saturated rings. The van der Waals surface area contributed by atoms with Crippen LogP contribution in [-0.4, -0.2) is 37.1 Å². The van der Waals surface area contributed by atoms with Gasteiger partial charge >= 0.3 is 0 Å². The molecule has 3 nitrogen and oxygen atoms in total. The molecule has 0 bridgehead atoms. The minimum Gasteiger partial charge on any atom is -0.372 e. The summed E-state index contributed by atoms with van der Waals surface area (Å²) >= 11 is 0. The molecule has 0 rings (SSSR count). The zero-order chi connectivity index (χ0) is 10.8. The van der Waals surface area contributed by atoms with Gasteiger partial charge in [-0.15, -0.1) is 0 Å². The summed E-state index contributed by atoms with van der Waals surface area (Å²) in [5, 5.41) is 0. The van der Waals surface area contributed by atoms with Crippen LogP contribution < -0.4 is 0 Å². The molecule has 14 heavy (non-hydrogen) atoms. The maximum Gasteiger partial charge on any atom is 0.248 e. The first-order valence-corrected chi connectivity index (χ1v) is 5.61. The van der Waals surface area contributed by atoms with Crippen molar-refractivity contribution in [1.29, 1.82) is 0 Å². The number of hydrogen-bond donors (Lipinski definition) is 0. The van der Waals surface area contributed by atoms with Gasteiger partial charge in [-0.25, -0.2) is 0 Å². The van der Waals surface area contributed by atoms with Gasteiger partial charge in [0.2, 0.25) is 5.91 Å². The average molecular weight is 201 g/mol. The SMILES string of the molecule is CCCOCC(=O)N(CCC)CCC. The van der Waals surface area contributed by atoms with E-state index in [1.54, 1.807) is 0 Å². The second kappa shape index (κ2) is 9.00. The van der Waals surface area contributed by atoms with Crippen molar-refractivity contribution in [1.82, 2.24) is 4.90 Å². The Labute approximate surface area is 87.4 Å². The van der Waals surface area contributed by atoms with Gasteiger partial charge in [0.15, 0.2) is 0 Å². The topological polar surface area (TPSA) is 29.5 Å². The number of rotatable bonds is 8. The Balaban J connectivity index is 3.76. The minimum atomic E-state index is 0.127. The summed E-state index contributed by atoms with van der Waals surface area (Å²) in [5.74, 6) is 0.127. The Morgan fingerprint density at radius 2 is 1.64 bits per heavy atom. The summed E-state index contributed by atoms with van der Waals surface area (Å²) in [7, 11) is 0. The summed E-state index contributed by atoms with van der Waals surface area (Å²) in [5.41, 5.74) is 0. The van der Waals surface area contributed by atoms with Crippen LogP contribution in [0.5, 0.6) is 0 Å². The van der Waals surface area contributed by atoms with Crippen LogP contribution in [-0.2, 0) is 9.53 Å². The molecular formula is C11H23NO2. The van der Waals surface area contributed by atoms with Crippen LogP contribution in [0.25, 0.3) is 0 Å². The van der Waals surface area contributed by atoms with Crippen LogP contribution >= 0.6 is 0 Å². The van der Waals surface area contributed by atoms with E-state index in [0.717, 1.165) is 32.4 Å². The van der Waals surface area contributed by atoms with E-state index in [9.17, 15) is 4.79 Å². The van der Waals surface area contributed by atoms with Gasteiger partial charge in [0, 0.05) is 19.7 Å². The van der Waals surface area contributed by atoms with Crippen molar-refractivity contribution < 1.29 is 9.53 Å². The largest absolute Gasteiger partial charge is 0.372 e. The van der Waals surface area contributed by atoms with Crippen LogP contribution in [0.2, 0.25) is 0 Å². The van der Waals surface area contributed by atoms with Crippen molar-refractivity contribution in [2.45, 2.75) is 40.0 Å². The highest BCUT2D eigenvalue weighted by Gasteiger charge is 2.10. The van der Waals surface area contributed by atoms with Gasteiger partial charge in [-0.1, -0.05) is 20.8 Å². The average Bonchev–Trinajstić information content (AvgIpc) is 2.18. The van der Waals surface area contributed by atoms with Crippen molar-refractivity contribution in [3.8, 4) is 0 Å². The molecule has 0 aliphatic rings. The molecule has 0 aromatic rings. The van der Waals surface area contributed by atoms with Crippen molar-refractivity contribution in [2.24, 2.45) is 0 Å². The molecule has 0 saturated carbocycles. The van der Waals surface area contributed by atoms with Crippen LogP contribution in [0.15, 0.2) is 0 Å². The lowest BCUT2D eigenvalue weighted by molar-refractivity contribution is -0.136. The van der Waals surface area contributed by atoms with Gasteiger partial charge < -0.3 is 9.64 Å². The van der Waals surface area contributed by atoms with Crippen LogP contribution in [0, 0.1) is 0 Å². The Morgan fingerprint density at radius 3 is 2.07 bits per heavy atom. The van der Waals surface area contributed by atoms with E-state index in [1.165, 1.54) is 0 Å². The van der Waals surface area contributed by atoms with E-state index >= 15 is 0 Å². The molecule has 1 amide bonds. The third-order valence-corrected chi connectivity index (χ3v) is 1.91. The summed E-state index contributed by atoms with van der Waals surface area (Å²) in [6.07, 6.45) is 2.99. The van der Waals surface area contributed by atoms with E-state index in [0.29, 0.717) is 6.61 Å². The fraction of sp³-hybridized carbons (Fsp3) is 0.909. The second-order valence-electron chi connectivity index (χ2n) is 3.43. The minimum absolute atomic E-state index is 0.127. The fourth-order valence-electron chi connectivity index (χ4n) is 1.30.